The minimum atomic E-state index is -0.718. The zero-order chi connectivity index (χ0) is 30.4. The number of rotatable bonds is 10. The maximum Gasteiger partial charge on any atom is 0.407 e. The monoisotopic (exact) mass is 570 g/mol. The van der Waals surface area contributed by atoms with Crippen molar-refractivity contribution in [1.29, 1.82) is 0 Å². The van der Waals surface area contributed by atoms with E-state index in [-0.39, 0.29) is 6.54 Å². The number of hydrogen-bond acceptors (Lipinski definition) is 8. The standard InChI is InChI=1S/C30H40N3O8/c1-29(2)16-21(17-30(3,4)33(29)36)41-28(35)31-18-26(34)32-22-13-19(11-12-23(22)37-5)9-10-20-14-24(38-6)27(40-8)25(15-20)39-7/h9-15,21H,16-18H2,1-8H3,(H,31,35)(H,32,34)/b10-9-. The number of piperidine rings is 1. The summed E-state index contributed by atoms with van der Waals surface area (Å²) in [5.74, 6) is 1.56. The van der Waals surface area contributed by atoms with Gasteiger partial charge in [0.25, 0.3) is 0 Å². The van der Waals surface area contributed by atoms with Crippen LogP contribution < -0.4 is 29.6 Å². The maximum atomic E-state index is 12.7. The molecule has 1 fully saturated rings. The largest absolute Gasteiger partial charge is 0.495 e. The van der Waals surface area contributed by atoms with E-state index < -0.39 is 29.2 Å². The second-order valence-corrected chi connectivity index (χ2v) is 11.0. The molecule has 1 heterocycles. The van der Waals surface area contributed by atoms with Gasteiger partial charge in [-0.15, -0.1) is 10.3 Å². The predicted molar refractivity (Wildman–Crippen MR) is 155 cm³/mol. The Morgan fingerprint density at radius 1 is 0.854 bits per heavy atom. The third kappa shape index (κ3) is 7.83. The molecule has 0 aliphatic carbocycles. The van der Waals surface area contributed by atoms with Crippen LogP contribution in [0.25, 0.3) is 12.2 Å². The molecule has 223 valence electrons. The number of carbonyl (C=O) groups is 2. The summed E-state index contributed by atoms with van der Waals surface area (Å²) in [6, 6.07) is 8.97. The Morgan fingerprint density at radius 2 is 1.41 bits per heavy atom. The Bertz CT molecular complexity index is 1230. The number of hydrogen-bond donors (Lipinski definition) is 2. The minimum Gasteiger partial charge on any atom is -0.495 e. The molecule has 3 rings (SSSR count). The molecule has 0 saturated carbocycles. The van der Waals surface area contributed by atoms with E-state index in [9.17, 15) is 14.8 Å². The molecular weight excluding hydrogens is 530 g/mol. The molecule has 41 heavy (non-hydrogen) atoms. The number of nitrogens with zero attached hydrogens (tertiary/aromatic N) is 1. The summed E-state index contributed by atoms with van der Waals surface area (Å²) in [6.07, 6.45) is 3.37. The summed E-state index contributed by atoms with van der Waals surface area (Å²) < 4.78 is 27.1. The smallest absolute Gasteiger partial charge is 0.407 e. The molecule has 1 saturated heterocycles. The van der Waals surface area contributed by atoms with Crippen molar-refractivity contribution in [2.24, 2.45) is 0 Å². The van der Waals surface area contributed by atoms with Gasteiger partial charge in [0.1, 0.15) is 18.4 Å². The highest BCUT2D eigenvalue weighted by Crippen LogP contribution is 2.39. The topological polar surface area (TPSA) is 127 Å². The van der Waals surface area contributed by atoms with Crippen molar-refractivity contribution in [3.05, 3.63) is 41.5 Å². The van der Waals surface area contributed by atoms with Crippen molar-refractivity contribution in [2.75, 3.05) is 40.3 Å². The lowest BCUT2D eigenvalue weighted by Gasteiger charge is -2.49. The first-order chi connectivity index (χ1) is 19.3. The Labute approximate surface area is 241 Å². The van der Waals surface area contributed by atoms with Crippen LogP contribution in [0.2, 0.25) is 0 Å². The van der Waals surface area contributed by atoms with E-state index in [1.807, 2.05) is 58.0 Å². The fourth-order valence-corrected chi connectivity index (χ4v) is 5.11. The number of carbonyl (C=O) groups excluding carboxylic acids is 2. The lowest BCUT2D eigenvalue weighted by atomic mass is 9.80. The number of benzene rings is 2. The SMILES string of the molecule is COc1ccc(/C=C\c2cc(OC)c(OC)c(OC)c2)cc1NC(=O)CNC(=O)OC1CC(C)(C)N([O])C(C)(C)C1. The van der Waals surface area contributed by atoms with E-state index >= 15 is 0 Å². The number of methoxy groups -OCH3 is 4. The van der Waals surface area contributed by atoms with E-state index in [1.165, 1.54) is 7.11 Å². The summed E-state index contributed by atoms with van der Waals surface area (Å²) in [4.78, 5) is 25.1. The van der Waals surface area contributed by atoms with E-state index in [2.05, 4.69) is 10.6 Å². The molecule has 2 N–H and O–H groups in total. The van der Waals surface area contributed by atoms with E-state index in [1.54, 1.807) is 33.5 Å². The van der Waals surface area contributed by atoms with Crippen LogP contribution >= 0.6 is 0 Å². The number of amides is 2. The van der Waals surface area contributed by atoms with Gasteiger partial charge in [-0.1, -0.05) is 18.2 Å². The third-order valence-corrected chi connectivity index (χ3v) is 6.87. The van der Waals surface area contributed by atoms with Crippen molar-refractivity contribution < 1.29 is 38.5 Å². The highest BCUT2D eigenvalue weighted by Gasteiger charge is 2.47. The highest BCUT2D eigenvalue weighted by molar-refractivity contribution is 5.95. The first-order valence-corrected chi connectivity index (χ1v) is 13.2. The molecule has 1 aliphatic heterocycles. The van der Waals surface area contributed by atoms with Crippen LogP contribution in [-0.2, 0) is 14.7 Å². The summed E-state index contributed by atoms with van der Waals surface area (Å²) in [6.45, 7) is 6.99. The normalized spacial score (nSPS) is 16.6. The maximum absolute atomic E-state index is 12.7. The molecule has 0 atom stereocenters. The van der Waals surface area contributed by atoms with Crippen molar-refractivity contribution in [3.63, 3.8) is 0 Å². The van der Waals surface area contributed by atoms with Gasteiger partial charge >= 0.3 is 6.09 Å². The summed E-state index contributed by atoms with van der Waals surface area (Å²) >= 11 is 0. The molecule has 0 bridgehead atoms. The molecule has 2 amide bonds. The predicted octanol–water partition coefficient (Wildman–Crippen LogP) is 4.92. The molecular formula is C30H40N3O8. The Kier molecular flexibility index (Phi) is 10.1. The zero-order valence-corrected chi connectivity index (χ0v) is 25.0. The van der Waals surface area contributed by atoms with Gasteiger partial charge < -0.3 is 34.3 Å². The Hall–Kier alpha value is -3.96. The molecule has 11 nitrogen and oxygen atoms in total. The van der Waals surface area contributed by atoms with Gasteiger partial charge in [0.15, 0.2) is 11.5 Å². The van der Waals surface area contributed by atoms with Crippen molar-refractivity contribution in [2.45, 2.75) is 57.7 Å². The van der Waals surface area contributed by atoms with Gasteiger partial charge in [-0.25, -0.2) is 4.79 Å². The number of anilines is 1. The molecule has 0 spiro atoms. The van der Waals surface area contributed by atoms with E-state index in [0.29, 0.717) is 41.5 Å². The first kappa shape index (κ1) is 31.6. The van der Waals surface area contributed by atoms with Crippen LogP contribution in [0.3, 0.4) is 0 Å². The van der Waals surface area contributed by atoms with Gasteiger partial charge in [0, 0.05) is 23.9 Å². The van der Waals surface area contributed by atoms with Gasteiger partial charge in [-0.05, 0) is 63.1 Å². The number of hydroxylamine groups is 2. The molecule has 2 aromatic carbocycles. The van der Waals surface area contributed by atoms with Crippen LogP contribution in [0.5, 0.6) is 23.0 Å². The van der Waals surface area contributed by atoms with Crippen molar-refractivity contribution >= 4 is 29.8 Å². The molecule has 11 heteroatoms. The van der Waals surface area contributed by atoms with E-state index in [4.69, 9.17) is 23.7 Å². The van der Waals surface area contributed by atoms with Crippen LogP contribution in [0.4, 0.5) is 10.5 Å². The Morgan fingerprint density at radius 3 is 1.95 bits per heavy atom. The van der Waals surface area contributed by atoms with Crippen LogP contribution in [0.1, 0.15) is 51.7 Å². The van der Waals surface area contributed by atoms with Gasteiger partial charge in [-0.3, -0.25) is 4.79 Å². The van der Waals surface area contributed by atoms with Crippen LogP contribution in [0.15, 0.2) is 30.3 Å². The van der Waals surface area contributed by atoms with Gasteiger partial charge in [0.05, 0.1) is 34.1 Å². The van der Waals surface area contributed by atoms with Crippen molar-refractivity contribution in [3.8, 4) is 23.0 Å². The van der Waals surface area contributed by atoms with Crippen molar-refractivity contribution in [1.82, 2.24) is 10.4 Å². The third-order valence-electron chi connectivity index (χ3n) is 6.87. The molecule has 0 aromatic heterocycles. The molecule has 1 aliphatic rings. The molecule has 1 radical (unpaired) electrons. The Balaban J connectivity index is 1.64. The quantitative estimate of drug-likeness (QED) is 0.385. The fraction of sp³-hybridized carbons (Fsp3) is 0.467. The highest BCUT2D eigenvalue weighted by atomic mass is 16.6. The molecule has 2 aromatic rings. The number of alkyl carbamates (subject to hydrolysis) is 1. The van der Waals surface area contributed by atoms with Crippen LogP contribution in [-0.4, -0.2) is 69.2 Å². The number of ether oxygens (including phenoxy) is 5. The fourth-order valence-electron chi connectivity index (χ4n) is 5.11. The average molecular weight is 571 g/mol. The molecule has 0 unspecified atom stereocenters. The minimum absolute atomic E-state index is 0.305. The second-order valence-electron chi connectivity index (χ2n) is 11.0. The summed E-state index contributed by atoms with van der Waals surface area (Å²) in [7, 11) is 6.15. The number of nitrogens with one attached hydrogen (secondary N) is 2. The van der Waals surface area contributed by atoms with Gasteiger partial charge in [0.2, 0.25) is 11.7 Å². The summed E-state index contributed by atoms with van der Waals surface area (Å²) in [5, 5.41) is 18.9. The zero-order valence-electron chi connectivity index (χ0n) is 25.0. The first-order valence-electron chi connectivity index (χ1n) is 13.2. The van der Waals surface area contributed by atoms with Gasteiger partial charge in [-0.2, -0.15) is 0 Å². The van der Waals surface area contributed by atoms with Crippen LogP contribution in [0, 0.1) is 0 Å². The summed E-state index contributed by atoms with van der Waals surface area (Å²) in [5.41, 5.74) is 0.691. The second kappa shape index (κ2) is 13.1. The average Bonchev–Trinajstić information content (AvgIpc) is 2.92. The van der Waals surface area contributed by atoms with E-state index in [0.717, 1.165) is 16.2 Å². The lowest BCUT2D eigenvalue weighted by Crippen LogP contribution is -2.60. The lowest BCUT2D eigenvalue weighted by molar-refractivity contribution is -0.298.